The van der Waals surface area contributed by atoms with E-state index in [4.69, 9.17) is 16.3 Å². The summed E-state index contributed by atoms with van der Waals surface area (Å²) < 4.78 is 33.4. The van der Waals surface area contributed by atoms with Gasteiger partial charge in [0.25, 0.3) is 10.0 Å². The minimum absolute atomic E-state index is 0.00548. The molecule has 3 rings (SSSR count). The number of carbonyl (C=O) groups is 1. The smallest absolute Gasteiger partial charge is 0.268 e. The van der Waals surface area contributed by atoms with E-state index < -0.39 is 10.0 Å². The number of benzene rings is 2. The minimum Gasteiger partial charge on any atom is -0.495 e. The standard InChI is InChI=1S/C20H23ClN2O4S/c1-13-4-9-18(27-3)19(10-13)28(25,26)23(12-20(24)22-15-6-7-15)16-8-5-14(2)17(21)11-16/h4-5,8-11,15H,6-7,12H2,1-3H3,(H,22,24). The summed E-state index contributed by atoms with van der Waals surface area (Å²) in [6, 6.07) is 9.97. The molecule has 1 saturated carbocycles. The average molecular weight is 423 g/mol. The van der Waals surface area contributed by atoms with Gasteiger partial charge in [-0.2, -0.15) is 0 Å². The Morgan fingerprint density at radius 3 is 2.54 bits per heavy atom. The lowest BCUT2D eigenvalue weighted by Gasteiger charge is -2.25. The maximum atomic E-state index is 13.5. The van der Waals surface area contributed by atoms with Crippen molar-refractivity contribution in [3.05, 3.63) is 52.5 Å². The Labute approximate surface area is 170 Å². The number of ether oxygens (including phenoxy) is 1. The van der Waals surface area contributed by atoms with E-state index in [1.807, 2.05) is 6.92 Å². The first kappa shape index (κ1) is 20.5. The van der Waals surface area contributed by atoms with E-state index in [-0.39, 0.29) is 29.1 Å². The van der Waals surface area contributed by atoms with Crippen LogP contribution in [0, 0.1) is 13.8 Å². The Morgan fingerprint density at radius 1 is 1.21 bits per heavy atom. The zero-order chi connectivity index (χ0) is 20.5. The van der Waals surface area contributed by atoms with Crippen LogP contribution in [-0.4, -0.2) is 34.0 Å². The highest BCUT2D eigenvalue weighted by Crippen LogP contribution is 2.32. The lowest BCUT2D eigenvalue weighted by atomic mass is 10.2. The Balaban J connectivity index is 2.07. The third-order valence-corrected chi connectivity index (χ3v) is 6.76. The summed E-state index contributed by atoms with van der Waals surface area (Å²) in [5.74, 6) is -0.134. The molecule has 0 aliphatic heterocycles. The summed E-state index contributed by atoms with van der Waals surface area (Å²) in [6.07, 6.45) is 1.83. The first-order valence-electron chi connectivity index (χ1n) is 8.95. The number of anilines is 1. The van der Waals surface area contributed by atoms with E-state index >= 15 is 0 Å². The van der Waals surface area contributed by atoms with Crippen molar-refractivity contribution in [2.45, 2.75) is 37.6 Å². The molecule has 0 heterocycles. The van der Waals surface area contributed by atoms with Crippen molar-refractivity contribution >= 4 is 33.2 Å². The Morgan fingerprint density at radius 2 is 1.93 bits per heavy atom. The van der Waals surface area contributed by atoms with Crippen molar-refractivity contribution in [2.24, 2.45) is 0 Å². The van der Waals surface area contributed by atoms with Gasteiger partial charge in [0.2, 0.25) is 5.91 Å². The second-order valence-corrected chi connectivity index (χ2v) is 9.18. The van der Waals surface area contributed by atoms with Gasteiger partial charge in [0.15, 0.2) is 0 Å². The van der Waals surface area contributed by atoms with Crippen molar-refractivity contribution in [1.82, 2.24) is 5.32 Å². The first-order valence-corrected chi connectivity index (χ1v) is 10.8. The monoisotopic (exact) mass is 422 g/mol. The molecule has 0 bridgehead atoms. The van der Waals surface area contributed by atoms with Crippen molar-refractivity contribution in [3.8, 4) is 5.75 Å². The van der Waals surface area contributed by atoms with Crippen LogP contribution in [0.5, 0.6) is 5.75 Å². The molecular weight excluding hydrogens is 400 g/mol. The van der Waals surface area contributed by atoms with Gasteiger partial charge in [-0.05, 0) is 62.1 Å². The Bertz CT molecular complexity index is 1000. The molecule has 1 aliphatic rings. The van der Waals surface area contributed by atoms with Crippen molar-refractivity contribution < 1.29 is 17.9 Å². The summed E-state index contributed by atoms with van der Waals surface area (Å²) in [5, 5.41) is 3.26. The zero-order valence-electron chi connectivity index (χ0n) is 16.0. The summed E-state index contributed by atoms with van der Waals surface area (Å²) in [6.45, 7) is 3.29. The number of carbonyl (C=O) groups excluding carboxylic acids is 1. The number of hydrogen-bond acceptors (Lipinski definition) is 4. The summed E-state index contributed by atoms with van der Waals surface area (Å²) in [5.41, 5.74) is 1.91. The fourth-order valence-corrected chi connectivity index (χ4v) is 4.62. The van der Waals surface area contributed by atoms with E-state index in [1.165, 1.54) is 13.2 Å². The quantitative estimate of drug-likeness (QED) is 0.741. The molecule has 0 unspecified atom stereocenters. The minimum atomic E-state index is -4.07. The van der Waals surface area contributed by atoms with E-state index in [9.17, 15) is 13.2 Å². The first-order chi connectivity index (χ1) is 13.2. The molecule has 28 heavy (non-hydrogen) atoms. The largest absolute Gasteiger partial charge is 0.495 e. The molecule has 1 N–H and O–H groups in total. The van der Waals surface area contributed by atoms with Gasteiger partial charge in [0.1, 0.15) is 17.2 Å². The van der Waals surface area contributed by atoms with Crippen LogP contribution >= 0.6 is 11.6 Å². The highest BCUT2D eigenvalue weighted by Gasteiger charge is 2.32. The molecule has 150 valence electrons. The summed E-state index contributed by atoms with van der Waals surface area (Å²) in [4.78, 5) is 12.5. The third-order valence-electron chi connectivity index (χ3n) is 4.56. The molecule has 6 nitrogen and oxygen atoms in total. The van der Waals surface area contributed by atoms with Crippen molar-refractivity contribution in [3.63, 3.8) is 0 Å². The average Bonchev–Trinajstić information content (AvgIpc) is 3.46. The number of rotatable bonds is 7. The topological polar surface area (TPSA) is 75.7 Å². The molecule has 1 amide bonds. The number of sulfonamides is 1. The lowest BCUT2D eigenvalue weighted by Crippen LogP contribution is -2.41. The molecular formula is C20H23ClN2O4S. The van der Waals surface area contributed by atoms with Crippen molar-refractivity contribution in [1.29, 1.82) is 0 Å². The van der Waals surface area contributed by atoms with Crippen LogP contribution in [-0.2, 0) is 14.8 Å². The number of hydrogen-bond donors (Lipinski definition) is 1. The maximum absolute atomic E-state index is 13.5. The van der Waals surface area contributed by atoms with Gasteiger partial charge < -0.3 is 10.1 Å². The van der Waals surface area contributed by atoms with E-state index in [0.29, 0.717) is 10.7 Å². The number of aryl methyl sites for hydroxylation is 2. The van der Waals surface area contributed by atoms with Gasteiger partial charge in [0.05, 0.1) is 12.8 Å². The van der Waals surface area contributed by atoms with Crippen LogP contribution in [0.3, 0.4) is 0 Å². The van der Waals surface area contributed by atoms with Gasteiger partial charge >= 0.3 is 0 Å². The van der Waals surface area contributed by atoms with Crippen LogP contribution < -0.4 is 14.4 Å². The molecule has 8 heteroatoms. The molecule has 0 aromatic heterocycles. The highest BCUT2D eigenvalue weighted by atomic mass is 35.5. The molecule has 0 atom stereocenters. The van der Waals surface area contributed by atoms with E-state index in [1.54, 1.807) is 37.3 Å². The lowest BCUT2D eigenvalue weighted by molar-refractivity contribution is -0.119. The number of nitrogens with zero attached hydrogens (tertiary/aromatic N) is 1. The Kier molecular flexibility index (Phi) is 5.86. The summed E-state index contributed by atoms with van der Waals surface area (Å²) in [7, 11) is -2.66. The predicted octanol–water partition coefficient (Wildman–Crippen LogP) is 3.44. The molecule has 2 aromatic rings. The number of amides is 1. The molecule has 1 aliphatic carbocycles. The van der Waals surface area contributed by atoms with Crippen LogP contribution in [0.15, 0.2) is 41.3 Å². The molecule has 0 radical (unpaired) electrons. The SMILES string of the molecule is COc1ccc(C)cc1S(=O)(=O)N(CC(=O)NC1CC1)c1ccc(C)c(Cl)c1. The molecule has 0 spiro atoms. The Hall–Kier alpha value is -2.25. The van der Waals surface area contributed by atoms with Gasteiger partial charge in [-0.3, -0.25) is 9.10 Å². The normalized spacial score (nSPS) is 13.9. The van der Waals surface area contributed by atoms with Crippen LogP contribution in [0.1, 0.15) is 24.0 Å². The van der Waals surface area contributed by atoms with Crippen LogP contribution in [0.4, 0.5) is 5.69 Å². The van der Waals surface area contributed by atoms with E-state index in [0.717, 1.165) is 28.3 Å². The van der Waals surface area contributed by atoms with Crippen LogP contribution in [0.25, 0.3) is 0 Å². The summed E-state index contributed by atoms with van der Waals surface area (Å²) >= 11 is 6.22. The van der Waals surface area contributed by atoms with E-state index in [2.05, 4.69) is 5.32 Å². The second kappa shape index (κ2) is 8.01. The number of nitrogens with one attached hydrogen (secondary N) is 1. The highest BCUT2D eigenvalue weighted by molar-refractivity contribution is 7.93. The van der Waals surface area contributed by atoms with Crippen LogP contribution in [0.2, 0.25) is 5.02 Å². The van der Waals surface area contributed by atoms with Gasteiger partial charge in [-0.25, -0.2) is 8.42 Å². The van der Waals surface area contributed by atoms with Gasteiger partial charge in [-0.15, -0.1) is 0 Å². The predicted molar refractivity (Wildman–Crippen MR) is 110 cm³/mol. The van der Waals surface area contributed by atoms with Crippen molar-refractivity contribution in [2.75, 3.05) is 18.0 Å². The maximum Gasteiger partial charge on any atom is 0.268 e. The number of halogens is 1. The fourth-order valence-electron chi connectivity index (χ4n) is 2.79. The van der Waals surface area contributed by atoms with Gasteiger partial charge in [0, 0.05) is 11.1 Å². The zero-order valence-corrected chi connectivity index (χ0v) is 17.6. The molecule has 2 aromatic carbocycles. The second-order valence-electron chi connectivity index (χ2n) is 6.94. The number of methoxy groups -OCH3 is 1. The molecule has 1 fully saturated rings. The van der Waals surface area contributed by atoms with Gasteiger partial charge in [-0.1, -0.05) is 23.7 Å². The molecule has 0 saturated heterocycles. The third kappa shape index (κ3) is 4.42. The fraction of sp³-hybridized carbons (Fsp3) is 0.350.